The van der Waals surface area contributed by atoms with E-state index in [-0.39, 0.29) is 30.2 Å². The molecule has 1 aromatic rings. The number of nitrogens with zero attached hydrogens (tertiary/aromatic N) is 1. The molecule has 0 bridgehead atoms. The molecule has 7 heteroatoms. The molecule has 0 unspecified atom stereocenters. The zero-order chi connectivity index (χ0) is 20.0. The quantitative estimate of drug-likeness (QED) is 0.703. The number of carbonyl (C=O) groups is 3. The van der Waals surface area contributed by atoms with Gasteiger partial charge in [-0.15, -0.1) is 0 Å². The van der Waals surface area contributed by atoms with E-state index in [1.807, 2.05) is 18.7 Å². The molecule has 27 heavy (non-hydrogen) atoms. The van der Waals surface area contributed by atoms with Gasteiger partial charge in [-0.1, -0.05) is 20.8 Å². The van der Waals surface area contributed by atoms with Gasteiger partial charge in [0.1, 0.15) is 0 Å². The van der Waals surface area contributed by atoms with Crippen LogP contribution in [0.4, 0.5) is 5.69 Å². The molecule has 148 valence electrons. The van der Waals surface area contributed by atoms with E-state index in [0.29, 0.717) is 17.2 Å². The first kappa shape index (κ1) is 20.9. The Labute approximate surface area is 160 Å². The molecule has 0 aromatic heterocycles. The molecule has 1 aliphatic rings. The van der Waals surface area contributed by atoms with Crippen LogP contribution < -0.4 is 16.4 Å². The minimum Gasteiger partial charge on any atom is -0.346 e. The van der Waals surface area contributed by atoms with Gasteiger partial charge in [-0.25, -0.2) is 0 Å². The Morgan fingerprint density at radius 2 is 1.74 bits per heavy atom. The molecule has 1 aliphatic heterocycles. The first-order chi connectivity index (χ1) is 12.8. The van der Waals surface area contributed by atoms with Crippen LogP contribution in [0.5, 0.6) is 0 Å². The molecule has 7 nitrogen and oxygen atoms in total. The van der Waals surface area contributed by atoms with E-state index in [1.165, 1.54) is 0 Å². The number of nitrogens with two attached hydrogens (primary N) is 1. The molecule has 0 saturated carbocycles. The molecular formula is C20H30N4O3. The fraction of sp³-hybridized carbons (Fsp3) is 0.550. The second-order valence-corrected chi connectivity index (χ2v) is 7.59. The van der Waals surface area contributed by atoms with E-state index < -0.39 is 6.04 Å². The van der Waals surface area contributed by atoms with Crippen molar-refractivity contribution in [1.82, 2.24) is 10.2 Å². The highest BCUT2D eigenvalue weighted by atomic mass is 16.2. The molecule has 0 spiro atoms. The Morgan fingerprint density at radius 3 is 2.30 bits per heavy atom. The van der Waals surface area contributed by atoms with E-state index in [0.717, 1.165) is 25.9 Å². The van der Waals surface area contributed by atoms with Gasteiger partial charge < -0.3 is 21.3 Å². The lowest BCUT2D eigenvalue weighted by Crippen LogP contribution is -2.46. The molecule has 4 N–H and O–H groups in total. The van der Waals surface area contributed by atoms with Crippen LogP contribution in [-0.2, 0) is 9.59 Å². The van der Waals surface area contributed by atoms with Crippen molar-refractivity contribution in [2.24, 2.45) is 17.6 Å². The van der Waals surface area contributed by atoms with Crippen molar-refractivity contribution in [1.29, 1.82) is 0 Å². The van der Waals surface area contributed by atoms with Gasteiger partial charge in [0.15, 0.2) is 0 Å². The number of hydrogen-bond donors (Lipinski definition) is 3. The zero-order valence-electron chi connectivity index (χ0n) is 16.3. The topological polar surface area (TPSA) is 105 Å². The molecular weight excluding hydrogens is 344 g/mol. The summed E-state index contributed by atoms with van der Waals surface area (Å²) in [7, 11) is 0. The van der Waals surface area contributed by atoms with Crippen LogP contribution in [0.15, 0.2) is 24.3 Å². The van der Waals surface area contributed by atoms with Gasteiger partial charge in [0.05, 0.1) is 12.6 Å². The maximum Gasteiger partial charge on any atom is 0.253 e. The van der Waals surface area contributed by atoms with Crippen molar-refractivity contribution in [2.45, 2.75) is 39.7 Å². The fourth-order valence-corrected chi connectivity index (χ4v) is 2.88. The Morgan fingerprint density at radius 1 is 1.15 bits per heavy atom. The summed E-state index contributed by atoms with van der Waals surface area (Å²) in [6, 6.07) is 6.17. The molecule has 1 aromatic carbocycles. The molecule has 1 heterocycles. The smallest absolute Gasteiger partial charge is 0.253 e. The highest BCUT2D eigenvalue weighted by molar-refractivity contribution is 5.97. The van der Waals surface area contributed by atoms with Crippen LogP contribution in [0.1, 0.15) is 44.0 Å². The summed E-state index contributed by atoms with van der Waals surface area (Å²) in [6.45, 7) is 7.33. The van der Waals surface area contributed by atoms with Crippen LogP contribution in [0.3, 0.4) is 0 Å². The van der Waals surface area contributed by atoms with Gasteiger partial charge >= 0.3 is 0 Å². The van der Waals surface area contributed by atoms with E-state index in [9.17, 15) is 14.4 Å². The monoisotopic (exact) mass is 374 g/mol. The van der Waals surface area contributed by atoms with Gasteiger partial charge in [0, 0.05) is 24.3 Å². The average molecular weight is 374 g/mol. The van der Waals surface area contributed by atoms with Crippen LogP contribution in [0, 0.1) is 11.8 Å². The summed E-state index contributed by atoms with van der Waals surface area (Å²) in [5.74, 6) is -0.00136. The average Bonchev–Trinajstić information content (AvgIpc) is 2.66. The normalized spacial score (nSPS) is 16.1. The zero-order valence-corrected chi connectivity index (χ0v) is 16.3. The Bertz CT molecular complexity index is 664. The van der Waals surface area contributed by atoms with Crippen molar-refractivity contribution in [3.8, 4) is 0 Å². The van der Waals surface area contributed by atoms with E-state index in [1.54, 1.807) is 24.3 Å². The van der Waals surface area contributed by atoms with Crippen LogP contribution in [0.2, 0.25) is 0 Å². The lowest BCUT2D eigenvalue weighted by atomic mass is 9.98. The third-order valence-corrected chi connectivity index (χ3v) is 4.93. The standard InChI is InChI=1S/C20H30N4O3/c1-13(2)18(21)19(26)22-12-17(25)23-16-6-4-15(5-7-16)20(27)24-10-8-14(3)9-11-24/h4-7,13-14,18H,8-12,21H2,1-3H3,(H,22,26)(H,23,25)/t18-/m0/s1. The lowest BCUT2D eigenvalue weighted by Gasteiger charge is -2.30. The maximum absolute atomic E-state index is 12.5. The first-order valence-corrected chi connectivity index (χ1v) is 9.50. The predicted octanol–water partition coefficient (Wildman–Crippen LogP) is 1.60. The second kappa shape index (κ2) is 9.50. The third-order valence-electron chi connectivity index (χ3n) is 4.93. The van der Waals surface area contributed by atoms with E-state index in [4.69, 9.17) is 5.73 Å². The molecule has 1 atom stereocenters. The van der Waals surface area contributed by atoms with Gasteiger partial charge in [-0.3, -0.25) is 14.4 Å². The molecule has 3 amide bonds. The van der Waals surface area contributed by atoms with Crippen molar-refractivity contribution in [3.05, 3.63) is 29.8 Å². The van der Waals surface area contributed by atoms with Gasteiger partial charge in [-0.05, 0) is 48.9 Å². The summed E-state index contributed by atoms with van der Waals surface area (Å²) < 4.78 is 0. The Kier molecular flexibility index (Phi) is 7.36. The molecule has 1 saturated heterocycles. The van der Waals surface area contributed by atoms with Crippen molar-refractivity contribution in [3.63, 3.8) is 0 Å². The van der Waals surface area contributed by atoms with Crippen molar-refractivity contribution >= 4 is 23.4 Å². The van der Waals surface area contributed by atoms with E-state index in [2.05, 4.69) is 17.6 Å². The number of anilines is 1. The van der Waals surface area contributed by atoms with Gasteiger partial charge in [0.25, 0.3) is 5.91 Å². The lowest BCUT2D eigenvalue weighted by molar-refractivity contribution is -0.125. The molecule has 1 fully saturated rings. The number of hydrogen-bond acceptors (Lipinski definition) is 4. The fourth-order valence-electron chi connectivity index (χ4n) is 2.88. The van der Waals surface area contributed by atoms with E-state index >= 15 is 0 Å². The number of benzene rings is 1. The van der Waals surface area contributed by atoms with Crippen LogP contribution >= 0.6 is 0 Å². The summed E-state index contributed by atoms with van der Waals surface area (Å²) >= 11 is 0. The molecule has 2 rings (SSSR count). The molecule has 0 aliphatic carbocycles. The number of amides is 3. The minimum atomic E-state index is -0.638. The number of likely N-dealkylation sites (tertiary alicyclic amines) is 1. The highest BCUT2D eigenvalue weighted by Crippen LogP contribution is 2.19. The van der Waals surface area contributed by atoms with Crippen LogP contribution in [0.25, 0.3) is 0 Å². The minimum absolute atomic E-state index is 0.00117. The van der Waals surface area contributed by atoms with Crippen molar-refractivity contribution in [2.75, 3.05) is 25.0 Å². The number of rotatable bonds is 6. The summed E-state index contributed by atoms with van der Waals surface area (Å²) in [6.07, 6.45) is 2.07. The maximum atomic E-state index is 12.5. The number of nitrogens with one attached hydrogen (secondary N) is 2. The van der Waals surface area contributed by atoms with Crippen molar-refractivity contribution < 1.29 is 14.4 Å². The first-order valence-electron chi connectivity index (χ1n) is 9.50. The summed E-state index contributed by atoms with van der Waals surface area (Å²) in [4.78, 5) is 38.1. The summed E-state index contributed by atoms with van der Waals surface area (Å²) in [5.41, 5.74) is 6.92. The number of piperidine rings is 1. The SMILES string of the molecule is CC1CCN(C(=O)c2ccc(NC(=O)CNC(=O)[C@@H](N)C(C)C)cc2)CC1. The predicted molar refractivity (Wildman–Crippen MR) is 105 cm³/mol. The third kappa shape index (κ3) is 6.06. The number of carbonyl (C=O) groups excluding carboxylic acids is 3. The highest BCUT2D eigenvalue weighted by Gasteiger charge is 2.21. The Balaban J connectivity index is 1.83. The van der Waals surface area contributed by atoms with Gasteiger partial charge in [0.2, 0.25) is 11.8 Å². The van der Waals surface area contributed by atoms with Crippen LogP contribution in [-0.4, -0.2) is 48.3 Å². The largest absolute Gasteiger partial charge is 0.346 e. The Hall–Kier alpha value is -2.41. The second-order valence-electron chi connectivity index (χ2n) is 7.59. The summed E-state index contributed by atoms with van der Waals surface area (Å²) in [5, 5.41) is 5.22. The molecule has 0 radical (unpaired) electrons. The van der Waals surface area contributed by atoms with Gasteiger partial charge in [-0.2, -0.15) is 0 Å².